The van der Waals surface area contributed by atoms with E-state index in [1.807, 2.05) is 43.3 Å². The van der Waals surface area contributed by atoms with Crippen molar-refractivity contribution < 1.29 is 4.39 Å². The summed E-state index contributed by atoms with van der Waals surface area (Å²) in [7, 11) is 0. The molecule has 0 amide bonds. The molecule has 0 atom stereocenters. The quantitative estimate of drug-likeness (QED) is 0.509. The highest BCUT2D eigenvalue weighted by molar-refractivity contribution is 5.85. The number of anilines is 2. The summed E-state index contributed by atoms with van der Waals surface area (Å²) in [4.78, 5) is 9.18. The van der Waals surface area contributed by atoms with Gasteiger partial charge in [0, 0.05) is 22.5 Å². The fourth-order valence-corrected chi connectivity index (χ4v) is 3.11. The largest absolute Gasteiger partial charge is 0.340 e. The van der Waals surface area contributed by atoms with E-state index in [0.29, 0.717) is 22.9 Å². The van der Waals surface area contributed by atoms with Gasteiger partial charge in [-0.2, -0.15) is 9.50 Å². The summed E-state index contributed by atoms with van der Waals surface area (Å²) in [6.07, 6.45) is 0.770. The van der Waals surface area contributed by atoms with Crippen molar-refractivity contribution in [1.29, 1.82) is 0 Å². The Morgan fingerprint density at radius 2 is 1.79 bits per heavy atom. The highest BCUT2D eigenvalue weighted by atomic mass is 35.5. The van der Waals surface area contributed by atoms with Gasteiger partial charge < -0.3 is 5.32 Å². The lowest BCUT2D eigenvalue weighted by Crippen LogP contribution is -2.08. The summed E-state index contributed by atoms with van der Waals surface area (Å²) in [5.41, 5.74) is 4.10. The van der Waals surface area contributed by atoms with E-state index in [2.05, 4.69) is 27.3 Å². The Kier molecular flexibility index (Phi) is 5.61. The summed E-state index contributed by atoms with van der Waals surface area (Å²) in [5, 5.41) is 7.98. The number of halogens is 2. The van der Waals surface area contributed by atoms with E-state index < -0.39 is 0 Å². The third-order valence-electron chi connectivity index (χ3n) is 4.61. The number of rotatable bonds is 4. The minimum absolute atomic E-state index is 0. The van der Waals surface area contributed by atoms with Crippen LogP contribution >= 0.6 is 12.4 Å². The van der Waals surface area contributed by atoms with Crippen LogP contribution in [-0.2, 0) is 6.42 Å². The number of hydrogen-bond donors (Lipinski definition) is 1. The molecule has 2 aromatic heterocycles. The fraction of sp³-hybridized carbons (Fsp3) is 0.190. The standard InChI is InChI=1S/C21H20FN5.ClH/c1-4-17-14(3)23-21-25-19(15-8-6-5-7-9-15)26-27(21)20(17)24-16-11-10-13(2)18(22)12-16;/h5-12,24H,4H2,1-3H3;1H. The molecule has 0 unspecified atom stereocenters. The van der Waals surface area contributed by atoms with Crippen LogP contribution in [-0.4, -0.2) is 19.6 Å². The maximum absolute atomic E-state index is 14.0. The number of fused-ring (bicyclic) bond motifs is 1. The first-order valence-electron chi connectivity index (χ1n) is 8.91. The predicted molar refractivity (Wildman–Crippen MR) is 112 cm³/mol. The van der Waals surface area contributed by atoms with Crippen molar-refractivity contribution in [1.82, 2.24) is 19.6 Å². The molecule has 0 saturated carbocycles. The molecule has 0 spiro atoms. The maximum Gasteiger partial charge on any atom is 0.254 e. The van der Waals surface area contributed by atoms with Gasteiger partial charge in [-0.25, -0.2) is 9.37 Å². The van der Waals surface area contributed by atoms with Gasteiger partial charge in [-0.05, 0) is 38.0 Å². The zero-order valence-electron chi connectivity index (χ0n) is 15.9. The Morgan fingerprint density at radius 3 is 2.46 bits per heavy atom. The SMILES string of the molecule is CCc1c(C)nc2nc(-c3ccccc3)nn2c1Nc1ccc(C)c(F)c1.Cl. The second-order valence-electron chi connectivity index (χ2n) is 6.48. The average Bonchev–Trinajstić information content (AvgIpc) is 3.09. The summed E-state index contributed by atoms with van der Waals surface area (Å²) < 4.78 is 15.7. The van der Waals surface area contributed by atoms with Crippen molar-refractivity contribution in [2.24, 2.45) is 0 Å². The van der Waals surface area contributed by atoms with Crippen LogP contribution in [0.25, 0.3) is 17.2 Å². The summed E-state index contributed by atoms with van der Waals surface area (Å²) in [6, 6.07) is 14.9. The highest BCUT2D eigenvalue weighted by Crippen LogP contribution is 2.26. The maximum atomic E-state index is 14.0. The van der Waals surface area contributed by atoms with Crippen molar-refractivity contribution in [3.05, 3.63) is 71.2 Å². The van der Waals surface area contributed by atoms with Gasteiger partial charge in [0.1, 0.15) is 11.6 Å². The molecule has 28 heavy (non-hydrogen) atoms. The van der Waals surface area contributed by atoms with Gasteiger partial charge in [0.25, 0.3) is 5.78 Å². The predicted octanol–water partition coefficient (Wildman–Crippen LogP) is 5.28. The minimum atomic E-state index is -0.247. The Labute approximate surface area is 169 Å². The molecule has 0 aliphatic heterocycles. The van der Waals surface area contributed by atoms with E-state index in [0.717, 1.165) is 29.1 Å². The molecule has 7 heteroatoms. The zero-order chi connectivity index (χ0) is 19.0. The van der Waals surface area contributed by atoms with Crippen molar-refractivity contribution in [2.75, 3.05) is 5.32 Å². The van der Waals surface area contributed by atoms with Crippen LogP contribution in [0.4, 0.5) is 15.9 Å². The Balaban J connectivity index is 0.00000225. The monoisotopic (exact) mass is 397 g/mol. The molecule has 0 aliphatic rings. The van der Waals surface area contributed by atoms with Crippen LogP contribution in [0.3, 0.4) is 0 Å². The third-order valence-corrected chi connectivity index (χ3v) is 4.61. The smallest absolute Gasteiger partial charge is 0.254 e. The molecule has 5 nitrogen and oxygen atoms in total. The molecule has 0 saturated heterocycles. The molecule has 0 bridgehead atoms. The van der Waals surface area contributed by atoms with Gasteiger partial charge in [-0.1, -0.05) is 43.3 Å². The van der Waals surface area contributed by atoms with Crippen molar-refractivity contribution >= 4 is 29.7 Å². The highest BCUT2D eigenvalue weighted by Gasteiger charge is 2.16. The lowest BCUT2D eigenvalue weighted by Gasteiger charge is -2.14. The Hall–Kier alpha value is -2.99. The molecule has 2 aromatic carbocycles. The average molecular weight is 398 g/mol. The zero-order valence-corrected chi connectivity index (χ0v) is 16.7. The number of aromatic nitrogens is 4. The molecular formula is C21H21ClFN5. The van der Waals surface area contributed by atoms with Gasteiger partial charge in [-0.15, -0.1) is 17.5 Å². The molecule has 0 aliphatic carbocycles. The Bertz CT molecular complexity index is 1120. The van der Waals surface area contributed by atoms with E-state index >= 15 is 0 Å². The van der Waals surface area contributed by atoms with Crippen LogP contribution in [0.2, 0.25) is 0 Å². The van der Waals surface area contributed by atoms with Crippen LogP contribution in [0.15, 0.2) is 48.5 Å². The van der Waals surface area contributed by atoms with Gasteiger partial charge in [-0.3, -0.25) is 0 Å². The van der Waals surface area contributed by atoms with E-state index in [9.17, 15) is 4.39 Å². The number of aryl methyl sites for hydroxylation is 2. The lowest BCUT2D eigenvalue weighted by molar-refractivity contribution is 0.619. The van der Waals surface area contributed by atoms with Gasteiger partial charge in [0.2, 0.25) is 0 Å². The molecule has 4 rings (SSSR count). The number of nitrogens with one attached hydrogen (secondary N) is 1. The molecule has 1 N–H and O–H groups in total. The Morgan fingerprint density at radius 1 is 1.04 bits per heavy atom. The molecule has 0 fully saturated rings. The molecule has 144 valence electrons. The number of nitrogens with zero attached hydrogens (tertiary/aromatic N) is 4. The van der Waals surface area contributed by atoms with Crippen LogP contribution in [0, 0.1) is 19.7 Å². The van der Waals surface area contributed by atoms with Crippen molar-refractivity contribution in [3.8, 4) is 11.4 Å². The van der Waals surface area contributed by atoms with E-state index in [1.165, 1.54) is 6.07 Å². The summed E-state index contributed by atoms with van der Waals surface area (Å²) >= 11 is 0. The minimum Gasteiger partial charge on any atom is -0.340 e. The van der Waals surface area contributed by atoms with Crippen LogP contribution in [0.1, 0.15) is 23.7 Å². The molecule has 2 heterocycles. The number of benzene rings is 2. The van der Waals surface area contributed by atoms with Crippen molar-refractivity contribution in [2.45, 2.75) is 27.2 Å². The molecule has 4 aromatic rings. The van der Waals surface area contributed by atoms with E-state index in [1.54, 1.807) is 17.5 Å². The fourth-order valence-electron chi connectivity index (χ4n) is 3.11. The first-order valence-corrected chi connectivity index (χ1v) is 8.91. The second-order valence-corrected chi connectivity index (χ2v) is 6.48. The molecule has 0 radical (unpaired) electrons. The van der Waals surface area contributed by atoms with Crippen LogP contribution < -0.4 is 5.32 Å². The topological polar surface area (TPSA) is 55.1 Å². The van der Waals surface area contributed by atoms with Gasteiger partial charge >= 0.3 is 0 Å². The molecular weight excluding hydrogens is 377 g/mol. The van der Waals surface area contributed by atoms with Gasteiger partial charge in [0.15, 0.2) is 5.82 Å². The second kappa shape index (κ2) is 7.94. The summed E-state index contributed by atoms with van der Waals surface area (Å²) in [5.74, 6) is 1.63. The third kappa shape index (κ3) is 3.55. The number of hydrogen-bond acceptors (Lipinski definition) is 4. The first kappa shape index (κ1) is 19.8. The van der Waals surface area contributed by atoms with E-state index in [4.69, 9.17) is 0 Å². The van der Waals surface area contributed by atoms with Crippen molar-refractivity contribution in [3.63, 3.8) is 0 Å². The normalized spacial score (nSPS) is 10.7. The van der Waals surface area contributed by atoms with Crippen LogP contribution in [0.5, 0.6) is 0 Å². The lowest BCUT2D eigenvalue weighted by atomic mass is 10.1. The van der Waals surface area contributed by atoms with Gasteiger partial charge in [0.05, 0.1) is 0 Å². The summed E-state index contributed by atoms with van der Waals surface area (Å²) in [6.45, 7) is 5.76. The first-order chi connectivity index (χ1) is 13.1. The van der Waals surface area contributed by atoms with E-state index in [-0.39, 0.29) is 18.2 Å².